The highest BCUT2D eigenvalue weighted by Gasteiger charge is 2.09. The molecule has 0 radical (unpaired) electrons. The van der Waals surface area contributed by atoms with Crippen molar-refractivity contribution in [3.8, 4) is 0 Å². The summed E-state index contributed by atoms with van der Waals surface area (Å²) in [6, 6.07) is 4.23. The molecule has 0 saturated carbocycles. The Kier molecular flexibility index (Phi) is 1.79. The van der Waals surface area contributed by atoms with Gasteiger partial charge in [0, 0.05) is 0 Å². The number of H-pyrrole nitrogens is 1. The number of benzene rings is 1. The molecule has 0 spiro atoms. The van der Waals surface area contributed by atoms with Crippen LogP contribution in [0.3, 0.4) is 0 Å². The maximum atomic E-state index is 4.16. The molecule has 0 bridgehead atoms. The zero-order valence-electron chi connectivity index (χ0n) is 8.13. The summed E-state index contributed by atoms with van der Waals surface area (Å²) in [7, 11) is 0. The second-order valence-corrected chi connectivity index (χ2v) is 3.65. The van der Waals surface area contributed by atoms with E-state index in [1.807, 2.05) is 0 Å². The topological polar surface area (TPSA) is 41.6 Å². The van der Waals surface area contributed by atoms with Crippen LogP contribution >= 0.6 is 0 Å². The predicted molar refractivity (Wildman–Crippen MR) is 52.7 cm³/mol. The Bertz CT molecular complexity index is 429. The SMILES string of the molecule is Cc1ccc(C(C)C)c2n[nH]nc12. The van der Waals surface area contributed by atoms with Crippen LogP contribution in [0.2, 0.25) is 0 Å². The van der Waals surface area contributed by atoms with E-state index in [1.54, 1.807) is 0 Å². The highest BCUT2D eigenvalue weighted by molar-refractivity contribution is 5.81. The van der Waals surface area contributed by atoms with E-state index in [1.165, 1.54) is 11.1 Å². The van der Waals surface area contributed by atoms with Gasteiger partial charge in [-0.3, -0.25) is 0 Å². The van der Waals surface area contributed by atoms with Crippen LogP contribution in [0.4, 0.5) is 0 Å². The van der Waals surface area contributed by atoms with Gasteiger partial charge in [0.25, 0.3) is 0 Å². The van der Waals surface area contributed by atoms with Crippen LogP contribution in [-0.4, -0.2) is 15.4 Å². The molecule has 0 unspecified atom stereocenters. The molecule has 0 atom stereocenters. The number of hydrogen-bond donors (Lipinski definition) is 1. The van der Waals surface area contributed by atoms with Gasteiger partial charge in [-0.2, -0.15) is 15.4 Å². The Balaban J connectivity index is 2.78. The van der Waals surface area contributed by atoms with Gasteiger partial charge in [0.05, 0.1) is 0 Å². The van der Waals surface area contributed by atoms with Crippen LogP contribution in [0.5, 0.6) is 0 Å². The second kappa shape index (κ2) is 2.83. The van der Waals surface area contributed by atoms with Crippen LogP contribution in [0.15, 0.2) is 12.1 Å². The first-order valence-electron chi connectivity index (χ1n) is 4.50. The molecule has 68 valence electrons. The fourth-order valence-electron chi connectivity index (χ4n) is 1.55. The molecule has 2 aromatic rings. The van der Waals surface area contributed by atoms with Gasteiger partial charge >= 0.3 is 0 Å². The smallest absolute Gasteiger partial charge is 0.116 e. The van der Waals surface area contributed by atoms with Crippen molar-refractivity contribution in [3.63, 3.8) is 0 Å². The van der Waals surface area contributed by atoms with Crippen LogP contribution < -0.4 is 0 Å². The monoisotopic (exact) mass is 175 g/mol. The molecule has 1 aromatic carbocycles. The van der Waals surface area contributed by atoms with E-state index in [0.717, 1.165) is 11.0 Å². The van der Waals surface area contributed by atoms with Gasteiger partial charge in [0.15, 0.2) is 0 Å². The minimum Gasteiger partial charge on any atom is -0.197 e. The van der Waals surface area contributed by atoms with Crippen LogP contribution in [-0.2, 0) is 0 Å². The molecule has 1 heterocycles. The van der Waals surface area contributed by atoms with Gasteiger partial charge in [-0.15, -0.1) is 0 Å². The first-order chi connectivity index (χ1) is 6.20. The van der Waals surface area contributed by atoms with E-state index < -0.39 is 0 Å². The van der Waals surface area contributed by atoms with Crippen molar-refractivity contribution in [2.24, 2.45) is 0 Å². The molecule has 13 heavy (non-hydrogen) atoms. The molecule has 0 amide bonds. The molecular formula is C10H13N3. The number of nitrogens with zero attached hydrogens (tertiary/aromatic N) is 2. The Labute approximate surface area is 77.2 Å². The van der Waals surface area contributed by atoms with Crippen LogP contribution in [0.1, 0.15) is 30.9 Å². The van der Waals surface area contributed by atoms with Gasteiger partial charge < -0.3 is 0 Å². The fourth-order valence-corrected chi connectivity index (χ4v) is 1.55. The molecule has 0 saturated heterocycles. The van der Waals surface area contributed by atoms with E-state index >= 15 is 0 Å². The zero-order valence-corrected chi connectivity index (χ0v) is 8.13. The predicted octanol–water partition coefficient (Wildman–Crippen LogP) is 2.39. The third-order valence-corrected chi connectivity index (χ3v) is 2.33. The van der Waals surface area contributed by atoms with E-state index in [-0.39, 0.29) is 0 Å². The minimum absolute atomic E-state index is 0.494. The average molecular weight is 175 g/mol. The molecule has 1 N–H and O–H groups in total. The number of fused-ring (bicyclic) bond motifs is 1. The van der Waals surface area contributed by atoms with E-state index in [2.05, 4.69) is 48.3 Å². The van der Waals surface area contributed by atoms with Crippen molar-refractivity contribution in [1.29, 1.82) is 0 Å². The average Bonchev–Trinajstić information content (AvgIpc) is 2.53. The van der Waals surface area contributed by atoms with Gasteiger partial charge in [0.2, 0.25) is 0 Å². The van der Waals surface area contributed by atoms with Crippen LogP contribution in [0, 0.1) is 6.92 Å². The zero-order chi connectivity index (χ0) is 9.42. The molecular weight excluding hydrogens is 162 g/mol. The number of hydrogen-bond acceptors (Lipinski definition) is 2. The summed E-state index contributed by atoms with van der Waals surface area (Å²) in [6.45, 7) is 6.38. The molecule has 3 nitrogen and oxygen atoms in total. The third kappa shape index (κ3) is 1.20. The van der Waals surface area contributed by atoms with Crippen LogP contribution in [0.25, 0.3) is 11.0 Å². The molecule has 0 aliphatic heterocycles. The van der Waals surface area contributed by atoms with Crippen molar-refractivity contribution >= 4 is 11.0 Å². The van der Waals surface area contributed by atoms with Gasteiger partial charge in [-0.1, -0.05) is 26.0 Å². The van der Waals surface area contributed by atoms with Crippen molar-refractivity contribution in [2.45, 2.75) is 26.7 Å². The number of aryl methyl sites for hydroxylation is 1. The van der Waals surface area contributed by atoms with Gasteiger partial charge in [-0.05, 0) is 24.0 Å². The first kappa shape index (κ1) is 8.23. The summed E-state index contributed by atoms with van der Waals surface area (Å²) in [6.07, 6.45) is 0. The fraction of sp³-hybridized carbons (Fsp3) is 0.400. The van der Waals surface area contributed by atoms with Crippen molar-refractivity contribution < 1.29 is 0 Å². The number of aromatic amines is 1. The largest absolute Gasteiger partial charge is 0.197 e. The Hall–Kier alpha value is -1.38. The number of rotatable bonds is 1. The molecule has 0 aliphatic carbocycles. The highest BCUT2D eigenvalue weighted by atomic mass is 15.3. The maximum Gasteiger partial charge on any atom is 0.116 e. The lowest BCUT2D eigenvalue weighted by atomic mass is 10.00. The standard InChI is InChI=1S/C10H13N3/c1-6(2)8-5-4-7(3)9-10(8)12-13-11-9/h4-6H,1-3H3,(H,11,12,13). The quantitative estimate of drug-likeness (QED) is 0.723. The molecule has 1 aromatic heterocycles. The summed E-state index contributed by atoms with van der Waals surface area (Å²) >= 11 is 0. The van der Waals surface area contributed by atoms with Crippen molar-refractivity contribution in [2.75, 3.05) is 0 Å². The Morgan fingerprint density at radius 1 is 1.15 bits per heavy atom. The number of nitrogens with one attached hydrogen (secondary N) is 1. The van der Waals surface area contributed by atoms with Crippen molar-refractivity contribution in [3.05, 3.63) is 23.3 Å². The maximum absolute atomic E-state index is 4.16. The molecule has 0 fully saturated rings. The van der Waals surface area contributed by atoms with Crippen molar-refractivity contribution in [1.82, 2.24) is 15.4 Å². The Morgan fingerprint density at radius 2 is 1.85 bits per heavy atom. The Morgan fingerprint density at radius 3 is 2.54 bits per heavy atom. The first-order valence-corrected chi connectivity index (χ1v) is 4.50. The molecule has 2 rings (SSSR count). The van der Waals surface area contributed by atoms with E-state index in [0.29, 0.717) is 5.92 Å². The van der Waals surface area contributed by atoms with Gasteiger partial charge in [0.1, 0.15) is 11.0 Å². The summed E-state index contributed by atoms with van der Waals surface area (Å²) in [5, 5.41) is 11.0. The number of aromatic nitrogens is 3. The summed E-state index contributed by atoms with van der Waals surface area (Å²) in [5.74, 6) is 0.494. The lowest BCUT2D eigenvalue weighted by Gasteiger charge is -2.05. The van der Waals surface area contributed by atoms with E-state index in [4.69, 9.17) is 0 Å². The molecule has 3 heteroatoms. The lowest BCUT2D eigenvalue weighted by molar-refractivity contribution is 0.868. The highest BCUT2D eigenvalue weighted by Crippen LogP contribution is 2.24. The van der Waals surface area contributed by atoms with Gasteiger partial charge in [-0.25, -0.2) is 0 Å². The lowest BCUT2D eigenvalue weighted by Crippen LogP contribution is -1.90. The summed E-state index contributed by atoms with van der Waals surface area (Å²) in [5.41, 5.74) is 4.43. The minimum atomic E-state index is 0.494. The second-order valence-electron chi connectivity index (χ2n) is 3.65. The summed E-state index contributed by atoms with van der Waals surface area (Å²) < 4.78 is 0. The van der Waals surface area contributed by atoms with E-state index in [9.17, 15) is 0 Å². The normalized spacial score (nSPS) is 11.4. The summed E-state index contributed by atoms with van der Waals surface area (Å²) in [4.78, 5) is 0. The molecule has 0 aliphatic rings. The third-order valence-electron chi connectivity index (χ3n) is 2.33.